The third-order valence-electron chi connectivity index (χ3n) is 15.4. The Labute approximate surface area is 689 Å². The van der Waals surface area contributed by atoms with E-state index in [2.05, 4.69) is 108 Å². The van der Waals surface area contributed by atoms with Crippen molar-refractivity contribution in [2.24, 2.45) is 0 Å². The number of Topliss-reactive ketones (excluding diaryl/α,β-unsaturated/α-hetero) is 1. The number of pyridine rings is 5. The van der Waals surface area contributed by atoms with Crippen molar-refractivity contribution in [3.8, 4) is 0 Å². The summed E-state index contributed by atoms with van der Waals surface area (Å²) in [5.74, 6) is 2.68. The Balaban J connectivity index is -0.000000601. The van der Waals surface area contributed by atoms with Crippen LogP contribution in [0.3, 0.4) is 0 Å². The predicted octanol–water partition coefficient (Wildman–Crippen LogP) is 7.70. The third-order valence-corrected chi connectivity index (χ3v) is 15.4. The zero-order chi connectivity index (χ0) is 74.1. The smallest absolute Gasteiger partial charge is 0.870 e. The van der Waals surface area contributed by atoms with Crippen molar-refractivity contribution < 1.29 is 103 Å². The maximum atomic E-state index is 12.0. The van der Waals surface area contributed by atoms with Crippen LogP contribution in [-0.2, 0) is 28.7 Å². The number of anilines is 5. The summed E-state index contributed by atoms with van der Waals surface area (Å²) >= 11 is 0. The van der Waals surface area contributed by atoms with Crippen LogP contribution in [0, 0.1) is 11.8 Å². The Bertz CT molecular complexity index is 3660. The number of nitrogens with two attached hydrogens (primary N) is 2. The second kappa shape index (κ2) is 54.0. The van der Waals surface area contributed by atoms with Gasteiger partial charge in [0, 0.05) is 131 Å². The van der Waals surface area contributed by atoms with Gasteiger partial charge in [-0.1, -0.05) is 45.2 Å². The van der Waals surface area contributed by atoms with Gasteiger partial charge in [-0.3, -0.25) is 24.2 Å². The number of aromatic nitrogens is 5. The van der Waals surface area contributed by atoms with Crippen LogP contribution in [0.25, 0.3) is 27.9 Å². The molecular formula is C78H115BClN16Na2O9. The second-order valence-corrected chi connectivity index (χ2v) is 26.8. The first kappa shape index (κ1) is 106. The van der Waals surface area contributed by atoms with E-state index in [0.717, 1.165) is 99.2 Å². The summed E-state index contributed by atoms with van der Waals surface area (Å²) in [6.45, 7) is 40.9. The van der Waals surface area contributed by atoms with E-state index in [4.69, 9.17) is 32.8 Å². The molecule has 0 aromatic carbocycles. The molecule has 0 saturated heterocycles. The Morgan fingerprint density at radius 3 is 0.935 bits per heavy atom. The summed E-state index contributed by atoms with van der Waals surface area (Å²) in [7, 11) is 0. The maximum Gasteiger partial charge on any atom is 1.00 e. The number of halogens is 1. The van der Waals surface area contributed by atoms with Crippen molar-refractivity contribution >= 4 is 113 Å². The molecule has 10 heterocycles. The van der Waals surface area contributed by atoms with Crippen molar-refractivity contribution in [2.75, 3.05) is 92.9 Å². The van der Waals surface area contributed by atoms with E-state index < -0.39 is 11.2 Å². The van der Waals surface area contributed by atoms with Crippen molar-refractivity contribution in [3.05, 3.63) is 156 Å². The number of carbonyl (C=O) groups excluding carboxylic acids is 6. The van der Waals surface area contributed by atoms with Crippen LogP contribution in [0.4, 0.5) is 38.7 Å². The number of nitrogens with one attached hydrogen (secondary N) is 4. The van der Waals surface area contributed by atoms with Gasteiger partial charge < -0.3 is 74.1 Å². The van der Waals surface area contributed by atoms with Gasteiger partial charge in [0.2, 0.25) is 17.7 Å². The number of rotatable bonds is 10. The zero-order valence-corrected chi connectivity index (χ0v) is 69.5. The van der Waals surface area contributed by atoms with Crippen LogP contribution in [-0.4, -0.2) is 183 Å². The summed E-state index contributed by atoms with van der Waals surface area (Å²) in [5, 5.41) is 17.5. The molecule has 0 fully saturated rings. The molecule has 0 unspecified atom stereocenters. The minimum atomic E-state index is -0.482. The van der Waals surface area contributed by atoms with E-state index in [1.807, 2.05) is 115 Å². The summed E-state index contributed by atoms with van der Waals surface area (Å²) in [4.78, 5) is 95.4. The molecule has 29 heteroatoms. The topological polar surface area (TPSA) is 352 Å². The van der Waals surface area contributed by atoms with Crippen molar-refractivity contribution in [1.29, 1.82) is 5.26 Å². The molecule has 0 atom stereocenters. The SMILES string of the molecule is C.C.CC(=O)Nc1ccc(C2=CCN(C(=O)OC(C)(C)C)CC2)cn1.CC(=O)Nc1ccc(C2=CCN(C(C)C)CC2)cn1.CC(=O)Nc1ccc(C2=CCNCC2)cn1.CC(C)(C)OC(=O)N1CC=C(c2ccc(N)nc2)CC1.CC(C)=O.CC(C)N1CC=C(c2ccc(N)nc2)CC1.Cl.[B].[C-]#N.[Na+].[Na+].[OH-]. The fourth-order valence-corrected chi connectivity index (χ4v) is 10.3. The van der Waals surface area contributed by atoms with Gasteiger partial charge in [0.1, 0.15) is 46.1 Å². The standard InChI is InChI=1S/C17H23N3O3.C15H21N3O2.C15H21N3O.C13H19N3.C12H15N3O.C3H6O.CN.2CH4.B.ClH.2Na.H2O/c1-12(21)19-15-6-5-14(11-18-15)13-7-9-20(10-8-13)16(22)23-17(2,3)4;1-15(2,3)20-14(19)18-8-6-11(7-9-18)12-4-5-13(16)17-10-12;1-11(2)18-8-6-13(7-9-18)14-4-5-15(16-10-14)17-12(3)19;1-10(2)16-7-5-11(6-8-16)12-3-4-13(14)15-9-12;1-9(16)15-12-3-2-11(8-14-12)10-4-6-13-7-5-10;1-3(2)4;1-2;;;;;;;/h5-7,11H,8-10H2,1-4H3,(H,18,19,21);4-6,10H,7-9H2,1-3H3,(H2,16,17);4-6,10-11H,7-9H2,1-3H3,(H,16,17,19);3-5,9-10H,6-8H2,1-2H3,(H2,14,15);2-4,8,13H,5-7H2,1H3,(H,14,15,16);1-2H3;;2*1H4;;1H;;;1H2/q;;;;;;-1;;;;;2*+1;/p-1. The molecule has 107 heavy (non-hydrogen) atoms. The van der Waals surface area contributed by atoms with Gasteiger partial charge in [-0.25, -0.2) is 34.5 Å². The van der Waals surface area contributed by atoms with Crippen molar-refractivity contribution in [2.45, 2.75) is 174 Å². The molecule has 573 valence electrons. The van der Waals surface area contributed by atoms with E-state index in [9.17, 15) is 28.8 Å². The third kappa shape index (κ3) is 41.5. The van der Waals surface area contributed by atoms with Gasteiger partial charge in [-0.05, 0) is 238 Å². The number of nitrogens with zero attached hydrogens (tertiary/aromatic N) is 10. The van der Waals surface area contributed by atoms with Crippen molar-refractivity contribution in [1.82, 2.24) is 49.8 Å². The molecule has 25 nitrogen and oxygen atoms in total. The molecule has 10 rings (SSSR count). The summed E-state index contributed by atoms with van der Waals surface area (Å²) in [5.41, 5.74) is 22.2. The van der Waals surface area contributed by atoms with Crippen molar-refractivity contribution in [3.63, 3.8) is 0 Å². The van der Waals surface area contributed by atoms with Crippen LogP contribution < -0.4 is 91.8 Å². The first-order valence-electron chi connectivity index (χ1n) is 33.8. The van der Waals surface area contributed by atoms with E-state index in [0.29, 0.717) is 67.4 Å². The fraction of sp³-hybridized carbons (Fsp3) is 0.462. The largest absolute Gasteiger partial charge is 1.00 e. The Morgan fingerprint density at radius 1 is 0.467 bits per heavy atom. The summed E-state index contributed by atoms with van der Waals surface area (Å²) < 4.78 is 10.7. The zero-order valence-electron chi connectivity index (χ0n) is 64.6. The Hall–Kier alpha value is -7.65. The number of carbonyl (C=O) groups is 6. The van der Waals surface area contributed by atoms with E-state index in [-0.39, 0.29) is 136 Å². The quantitative estimate of drug-likeness (QED) is 0.0576. The van der Waals surface area contributed by atoms with Gasteiger partial charge in [0.15, 0.2) is 0 Å². The van der Waals surface area contributed by atoms with Crippen LogP contribution >= 0.6 is 12.4 Å². The molecule has 0 saturated carbocycles. The first-order valence-corrected chi connectivity index (χ1v) is 33.8. The number of ether oxygens (including phenoxy) is 2. The minimum absolute atomic E-state index is 0. The van der Waals surface area contributed by atoms with E-state index in [1.165, 1.54) is 62.5 Å². The summed E-state index contributed by atoms with van der Waals surface area (Å²) in [6, 6.07) is 20.3. The molecule has 9 N–H and O–H groups in total. The predicted molar refractivity (Wildman–Crippen MR) is 428 cm³/mol. The molecule has 5 aliphatic heterocycles. The molecular weight excluding hydrogens is 1400 g/mol. The number of hydrogen-bond donors (Lipinski definition) is 6. The normalized spacial score (nSPS) is 14.3. The first-order chi connectivity index (χ1) is 47.3. The second-order valence-electron chi connectivity index (χ2n) is 26.8. The molecule has 3 radical (unpaired) electrons. The van der Waals surface area contributed by atoms with E-state index in [1.54, 1.807) is 34.3 Å². The van der Waals surface area contributed by atoms with Crippen LogP contribution in [0.5, 0.6) is 0 Å². The van der Waals surface area contributed by atoms with Crippen LogP contribution in [0.1, 0.15) is 179 Å². The maximum absolute atomic E-state index is 12.0. The minimum Gasteiger partial charge on any atom is -0.870 e. The van der Waals surface area contributed by atoms with E-state index >= 15 is 0 Å². The average Bonchev–Trinajstić information content (AvgIpc) is 0.831. The monoisotopic (exact) mass is 1510 g/mol. The van der Waals surface area contributed by atoms with Gasteiger partial charge >= 0.3 is 71.3 Å². The van der Waals surface area contributed by atoms with Gasteiger partial charge in [0.05, 0.1) is 0 Å². The molecule has 0 aliphatic carbocycles. The van der Waals surface area contributed by atoms with Gasteiger partial charge in [-0.15, -0.1) is 12.4 Å². The molecule has 0 spiro atoms. The van der Waals surface area contributed by atoms with Gasteiger partial charge in [0.25, 0.3) is 0 Å². The van der Waals surface area contributed by atoms with Crippen LogP contribution in [0.15, 0.2) is 122 Å². The Kier molecular flexibility index (Phi) is 53.4. The molecule has 0 bridgehead atoms. The fourth-order valence-electron chi connectivity index (χ4n) is 10.3. The molecule has 5 aromatic heterocycles. The number of ketones is 1. The number of nitrogen functional groups attached to an aromatic ring is 2. The molecule has 5 aromatic rings. The van der Waals surface area contributed by atoms with Crippen LogP contribution in [0.2, 0.25) is 0 Å². The summed E-state index contributed by atoms with van der Waals surface area (Å²) in [6.07, 6.45) is 24.0. The van der Waals surface area contributed by atoms with Gasteiger partial charge in [-0.2, -0.15) is 0 Å². The number of hydrogen-bond acceptors (Lipinski definition) is 20. The Morgan fingerprint density at radius 2 is 0.738 bits per heavy atom. The number of amides is 5. The molecule has 5 aliphatic rings. The molecule has 5 amide bonds. The average molecular weight is 1510 g/mol.